The number of halogens is 3. The summed E-state index contributed by atoms with van der Waals surface area (Å²) in [4.78, 5) is 85.4. The van der Waals surface area contributed by atoms with Crippen LogP contribution in [-0.4, -0.2) is 115 Å². The van der Waals surface area contributed by atoms with Crippen LogP contribution in [-0.2, 0) is 80.1 Å². The van der Waals surface area contributed by atoms with E-state index in [4.69, 9.17) is 42.7 Å². The number of ether oxygens (including phenoxy) is 7. The van der Waals surface area contributed by atoms with Crippen molar-refractivity contribution in [3.63, 3.8) is 0 Å². The number of methoxy groups -OCH3 is 7. The minimum atomic E-state index is -0.351. The number of hydrogen-bond acceptors (Lipinski definition) is 16. The first-order valence-electron chi connectivity index (χ1n) is 30.4. The Morgan fingerprint density at radius 1 is 0.409 bits per heavy atom. The lowest BCUT2D eigenvalue weighted by atomic mass is 9.83. The molecule has 486 valence electrons. The average molecular weight is 1460 g/mol. The Morgan fingerprint density at radius 3 is 0.935 bits per heavy atom. The maximum Gasteiger partial charge on any atom is 0.373 e. The molecule has 3 amide bonds. The fourth-order valence-electron chi connectivity index (χ4n) is 14.2. The van der Waals surface area contributed by atoms with E-state index >= 15 is 0 Å². The number of carbonyl (C=O) groups excluding carboxylic acids is 6. The van der Waals surface area contributed by atoms with Crippen molar-refractivity contribution in [1.29, 1.82) is 0 Å². The number of benzene rings is 4. The second-order valence-corrected chi connectivity index (χ2v) is 27.2. The smallest absolute Gasteiger partial charge is 0.373 e. The molecule has 4 atom stereocenters. The number of pyridine rings is 3. The lowest BCUT2D eigenvalue weighted by Gasteiger charge is -2.22. The zero-order chi connectivity index (χ0) is 66.4. The Labute approximate surface area is 566 Å². The molecule has 0 bridgehead atoms. The maximum atomic E-state index is 13.2. The third-order valence-corrected chi connectivity index (χ3v) is 20.8. The van der Waals surface area contributed by atoms with Gasteiger partial charge in [0.05, 0.1) is 79.4 Å². The highest BCUT2D eigenvalue weighted by Crippen LogP contribution is 2.50. The lowest BCUT2D eigenvalue weighted by molar-refractivity contribution is -0.191. The van der Waals surface area contributed by atoms with Crippen molar-refractivity contribution in [3.8, 4) is 40.6 Å². The van der Waals surface area contributed by atoms with Gasteiger partial charge in [-0.2, -0.15) is 24.5 Å². The number of anilines is 3. The molecule has 22 heteroatoms. The summed E-state index contributed by atoms with van der Waals surface area (Å²) >= 11 is 10.2. The quantitative estimate of drug-likeness (QED) is 0.104. The van der Waals surface area contributed by atoms with E-state index in [1.165, 1.54) is 44.5 Å². The zero-order valence-corrected chi connectivity index (χ0v) is 58.0. The third-order valence-electron chi connectivity index (χ3n) is 19.0. The largest absolute Gasteiger partial charge is 0.497 e. The molecule has 7 aliphatic rings. The third kappa shape index (κ3) is 13.9. The Balaban J connectivity index is 0.000000136. The van der Waals surface area contributed by atoms with Crippen molar-refractivity contribution in [2.45, 2.75) is 84.0 Å². The van der Waals surface area contributed by atoms with Crippen molar-refractivity contribution < 1.29 is 61.9 Å². The highest BCUT2D eigenvalue weighted by Gasteiger charge is 2.53. The SMILES string of the molecule is COc1ccc2c(c1)CC(C)(CC=O)C2.COc1ccc2c(c1)CC1(CCN(c3ccc(Br)c(OC)n3)C1=O)C2.COc1ccc2c(c1)CC1(CCN(c3ccc(Br)c(OC)n3)C1=O)C2.COc1ccc2c(c1)CC1(CCN(c3ccc(Br)c(OC)n3)C1=O)C2.O=C=O. The highest BCUT2D eigenvalue weighted by atomic mass is 79.9. The predicted octanol–water partition coefficient (Wildman–Crippen LogP) is 12.0. The molecule has 3 saturated heterocycles. The van der Waals surface area contributed by atoms with Crippen LogP contribution in [0.25, 0.3) is 0 Å². The molecule has 7 aromatic rings. The predicted molar refractivity (Wildman–Crippen MR) is 359 cm³/mol. The van der Waals surface area contributed by atoms with Gasteiger partial charge in [-0.3, -0.25) is 29.1 Å². The van der Waals surface area contributed by atoms with Crippen LogP contribution < -0.4 is 47.9 Å². The molecule has 3 fully saturated rings. The van der Waals surface area contributed by atoms with Crippen LogP contribution in [0.4, 0.5) is 17.5 Å². The average Bonchev–Trinajstić information content (AvgIpc) is 1.61. The van der Waals surface area contributed by atoms with Crippen LogP contribution in [0.3, 0.4) is 0 Å². The number of hydrogen-bond donors (Lipinski definition) is 0. The van der Waals surface area contributed by atoms with Gasteiger partial charge in [-0.15, -0.1) is 0 Å². The zero-order valence-electron chi connectivity index (χ0n) is 53.2. The van der Waals surface area contributed by atoms with Gasteiger partial charge in [0.2, 0.25) is 35.4 Å². The monoisotopic (exact) mass is 1450 g/mol. The minimum Gasteiger partial charge on any atom is -0.497 e. The van der Waals surface area contributed by atoms with Crippen LogP contribution in [0.5, 0.6) is 40.6 Å². The van der Waals surface area contributed by atoms with E-state index in [2.05, 4.69) is 118 Å². The molecule has 0 N–H and O–H groups in total. The second-order valence-electron chi connectivity index (χ2n) is 24.7. The van der Waals surface area contributed by atoms with Gasteiger partial charge >= 0.3 is 6.15 Å². The minimum absolute atomic E-state index is 0.121. The number of carbonyl (C=O) groups is 4. The van der Waals surface area contributed by atoms with E-state index in [9.17, 15) is 19.2 Å². The molecule has 4 unspecified atom stereocenters. The van der Waals surface area contributed by atoms with Crippen molar-refractivity contribution in [3.05, 3.63) is 167 Å². The van der Waals surface area contributed by atoms with Crippen LogP contribution in [0.1, 0.15) is 77.1 Å². The van der Waals surface area contributed by atoms with Crippen molar-refractivity contribution in [2.24, 2.45) is 21.7 Å². The molecular weight excluding hydrogens is 1380 g/mol. The number of nitrogens with zero attached hydrogens (tertiary/aromatic N) is 6. The Bertz CT molecular complexity index is 3700. The first-order chi connectivity index (χ1) is 44.8. The van der Waals surface area contributed by atoms with Crippen LogP contribution in [0.15, 0.2) is 123 Å². The van der Waals surface area contributed by atoms with Crippen molar-refractivity contribution in [2.75, 3.05) is 84.1 Å². The van der Waals surface area contributed by atoms with E-state index in [0.717, 1.165) is 113 Å². The first kappa shape index (κ1) is 67.7. The molecule has 0 radical (unpaired) electrons. The molecule has 19 nitrogen and oxygen atoms in total. The summed E-state index contributed by atoms with van der Waals surface area (Å²) in [7, 11) is 11.4. The molecular formula is C71H73Br3N6O13. The molecule has 6 heterocycles. The normalized spacial score (nSPS) is 21.4. The van der Waals surface area contributed by atoms with Gasteiger partial charge in [-0.05, 0) is 253 Å². The summed E-state index contributed by atoms with van der Waals surface area (Å²) in [6.07, 6.45) is 11.1. The van der Waals surface area contributed by atoms with Crippen LogP contribution in [0.2, 0.25) is 0 Å². The topological polar surface area (TPSA) is 215 Å². The van der Waals surface area contributed by atoms with Gasteiger partial charge < -0.3 is 38.0 Å². The summed E-state index contributed by atoms with van der Waals surface area (Å²) in [5, 5.41) is 0. The van der Waals surface area contributed by atoms with Crippen molar-refractivity contribution >= 4 is 95.4 Å². The Morgan fingerprint density at radius 2 is 0.667 bits per heavy atom. The number of aldehydes is 1. The standard InChI is InChI=1S/3C19H19BrN2O3.C13H16O2.CO2/c3*1-24-14-4-3-12-10-19(11-13(12)9-14)7-8-22(18(19)23)16-6-5-15(20)17(21-16)25-2;1-13(5-6-14)8-10-3-4-12(15-2)7-11(10)9-13;2-1-3/h3*3-6,9H,7-8,10-11H2,1-2H3;3-4,6-7H,5,8-9H2,1-2H3;. The van der Waals surface area contributed by atoms with Gasteiger partial charge in [-0.25, -0.2) is 0 Å². The molecule has 4 aliphatic carbocycles. The molecule has 3 spiro atoms. The molecule has 3 aromatic heterocycles. The van der Waals surface area contributed by atoms with Gasteiger partial charge in [0.15, 0.2) is 0 Å². The fourth-order valence-corrected chi connectivity index (χ4v) is 15.3. The summed E-state index contributed by atoms with van der Waals surface area (Å²) in [5.74, 6) is 7.32. The summed E-state index contributed by atoms with van der Waals surface area (Å²) in [5.41, 5.74) is 9.16. The summed E-state index contributed by atoms with van der Waals surface area (Å²) in [6, 6.07) is 35.7. The maximum absolute atomic E-state index is 13.2. The van der Waals surface area contributed by atoms with E-state index in [0.29, 0.717) is 61.1 Å². The lowest BCUT2D eigenvalue weighted by Crippen LogP contribution is -2.35. The number of fused-ring (bicyclic) bond motifs is 4. The van der Waals surface area contributed by atoms with E-state index < -0.39 is 0 Å². The Hall–Kier alpha value is -8.17. The van der Waals surface area contributed by atoms with Gasteiger partial charge in [0.1, 0.15) is 46.7 Å². The summed E-state index contributed by atoms with van der Waals surface area (Å²) in [6.45, 7) is 4.22. The molecule has 14 rings (SSSR count). The molecule has 0 saturated carbocycles. The van der Waals surface area contributed by atoms with E-state index in [-0.39, 0.29) is 45.5 Å². The highest BCUT2D eigenvalue weighted by molar-refractivity contribution is 9.11. The second kappa shape index (κ2) is 28.6. The van der Waals surface area contributed by atoms with Crippen LogP contribution >= 0.6 is 47.8 Å². The Kier molecular flexibility index (Phi) is 20.8. The number of rotatable bonds is 12. The van der Waals surface area contributed by atoms with E-state index in [1.807, 2.05) is 60.7 Å². The summed E-state index contributed by atoms with van der Waals surface area (Å²) < 4.78 is 39.3. The first-order valence-corrected chi connectivity index (χ1v) is 32.8. The number of amides is 3. The van der Waals surface area contributed by atoms with Crippen molar-refractivity contribution in [1.82, 2.24) is 15.0 Å². The van der Waals surface area contributed by atoms with Gasteiger partial charge in [0.25, 0.3) is 0 Å². The fraction of sp³-hybridized carbons (Fsp3) is 0.380. The van der Waals surface area contributed by atoms with Crippen LogP contribution in [0, 0.1) is 21.7 Å². The molecule has 93 heavy (non-hydrogen) atoms. The van der Waals surface area contributed by atoms with E-state index in [1.54, 1.807) is 64.5 Å². The number of aromatic nitrogens is 3. The van der Waals surface area contributed by atoms with Gasteiger partial charge in [-0.1, -0.05) is 31.2 Å². The molecule has 3 aliphatic heterocycles. The molecule has 4 aromatic carbocycles. The van der Waals surface area contributed by atoms with Gasteiger partial charge in [0, 0.05) is 26.1 Å².